The van der Waals surface area contributed by atoms with Crippen molar-refractivity contribution in [3.8, 4) is 22.6 Å². The Hall–Kier alpha value is -3.73. The minimum atomic E-state index is -5.77. The zero-order valence-corrected chi connectivity index (χ0v) is 22.2. The van der Waals surface area contributed by atoms with Crippen LogP contribution in [0.3, 0.4) is 0 Å². The number of ether oxygens (including phenoxy) is 2. The largest absolute Gasteiger partial charge is 0.457 e. The number of rotatable bonds is 10. The first-order valence-electron chi connectivity index (χ1n) is 12.5. The molecule has 0 aliphatic carbocycles. The molecule has 0 bridgehead atoms. The van der Waals surface area contributed by atoms with Crippen molar-refractivity contribution in [1.82, 2.24) is 9.80 Å². The van der Waals surface area contributed by atoms with E-state index in [0.717, 1.165) is 29.3 Å². The predicted octanol–water partition coefficient (Wildman–Crippen LogP) is 7.84. The number of amides is 1. The fourth-order valence-corrected chi connectivity index (χ4v) is 3.88. The Balaban J connectivity index is 1.75. The molecule has 0 saturated carbocycles. The molecule has 0 atom stereocenters. The Bertz CT molecular complexity index is 1250. The van der Waals surface area contributed by atoms with Gasteiger partial charge in [0.1, 0.15) is 11.5 Å². The van der Waals surface area contributed by atoms with Crippen molar-refractivity contribution in [3.63, 3.8) is 0 Å². The number of hydrogen-bond donors (Lipinski definition) is 0. The van der Waals surface area contributed by atoms with Gasteiger partial charge in [0.15, 0.2) is 0 Å². The van der Waals surface area contributed by atoms with Gasteiger partial charge >= 0.3 is 18.4 Å². The minimum Gasteiger partial charge on any atom is -0.457 e. The number of likely N-dealkylation sites (N-methyl/N-ethyl adjacent to an activating group) is 2. The van der Waals surface area contributed by atoms with Crippen molar-refractivity contribution in [2.45, 2.75) is 38.8 Å². The fourth-order valence-electron chi connectivity index (χ4n) is 3.88. The number of alkyl halides is 6. The molecule has 0 radical (unpaired) electrons. The van der Waals surface area contributed by atoms with Crippen molar-refractivity contribution in [2.75, 3.05) is 26.7 Å². The van der Waals surface area contributed by atoms with Crippen LogP contribution >= 0.6 is 0 Å². The molecule has 0 aromatic heterocycles. The van der Waals surface area contributed by atoms with E-state index in [0.29, 0.717) is 29.5 Å². The summed E-state index contributed by atoms with van der Waals surface area (Å²) in [6, 6.07) is 23.0. The molecule has 3 rings (SSSR count). The molecule has 0 saturated heterocycles. The lowest BCUT2D eigenvalue weighted by Crippen LogP contribution is -2.48. The standard InChI is InChI=1S/C29H30F6N2O3/c1-4-37(16-15-36(3)27(38)40-26(28(30,31)32)29(33,34)35)19-23-14-13-22(21-10-8-9-20(2)17-21)18-25(23)39-24-11-6-5-7-12-24/h5-14,17-18,26H,4,15-16,19H2,1-3H3. The lowest BCUT2D eigenvalue weighted by atomic mass is 10.0. The van der Waals surface area contributed by atoms with Gasteiger partial charge in [-0.15, -0.1) is 0 Å². The van der Waals surface area contributed by atoms with E-state index in [1.165, 1.54) is 0 Å². The highest BCUT2D eigenvalue weighted by Gasteiger charge is 2.60. The Labute approximate surface area is 228 Å². The highest BCUT2D eigenvalue weighted by Crippen LogP contribution is 2.36. The zero-order valence-electron chi connectivity index (χ0n) is 22.2. The highest BCUT2D eigenvalue weighted by molar-refractivity contribution is 5.68. The molecule has 3 aromatic rings. The van der Waals surface area contributed by atoms with Crippen molar-refractivity contribution >= 4 is 6.09 Å². The summed E-state index contributed by atoms with van der Waals surface area (Å²) in [7, 11) is 1.08. The van der Waals surface area contributed by atoms with E-state index in [4.69, 9.17) is 4.74 Å². The third-order valence-corrected chi connectivity index (χ3v) is 6.11. The maximum atomic E-state index is 12.8. The molecular weight excluding hydrogens is 538 g/mol. The average molecular weight is 569 g/mol. The Kier molecular flexibility index (Phi) is 10.1. The summed E-state index contributed by atoms with van der Waals surface area (Å²) >= 11 is 0. The van der Waals surface area contributed by atoms with Gasteiger partial charge in [-0.3, -0.25) is 4.90 Å². The molecule has 0 unspecified atom stereocenters. The lowest BCUT2D eigenvalue weighted by molar-refractivity contribution is -0.308. The third-order valence-electron chi connectivity index (χ3n) is 6.11. The number of para-hydroxylation sites is 1. The molecule has 0 aliphatic heterocycles. The quantitative estimate of drug-likeness (QED) is 0.234. The van der Waals surface area contributed by atoms with Gasteiger partial charge in [-0.2, -0.15) is 26.3 Å². The smallest absolute Gasteiger partial charge is 0.434 e. The second kappa shape index (κ2) is 13.1. The van der Waals surface area contributed by atoms with E-state index in [1.54, 1.807) is 0 Å². The van der Waals surface area contributed by atoms with E-state index in [9.17, 15) is 31.1 Å². The van der Waals surface area contributed by atoms with Crippen molar-refractivity contribution < 1.29 is 40.6 Å². The second-order valence-electron chi connectivity index (χ2n) is 9.24. The number of halogens is 6. The fraction of sp³-hybridized carbons (Fsp3) is 0.345. The van der Waals surface area contributed by atoms with Crippen LogP contribution in [0, 0.1) is 6.92 Å². The summed E-state index contributed by atoms with van der Waals surface area (Å²) in [4.78, 5) is 14.6. The first-order valence-corrected chi connectivity index (χ1v) is 12.5. The molecule has 1 amide bonds. The summed E-state index contributed by atoms with van der Waals surface area (Å²) in [5.74, 6) is 1.22. The summed E-state index contributed by atoms with van der Waals surface area (Å²) in [5.41, 5.74) is 3.85. The van der Waals surface area contributed by atoms with Gasteiger partial charge in [-0.1, -0.05) is 67.1 Å². The van der Waals surface area contributed by atoms with E-state index in [1.807, 2.05) is 85.5 Å². The Morgan fingerprint density at radius 2 is 1.50 bits per heavy atom. The normalized spacial score (nSPS) is 12.1. The molecule has 0 fully saturated rings. The van der Waals surface area contributed by atoms with Gasteiger partial charge in [-0.25, -0.2) is 4.79 Å². The lowest BCUT2D eigenvalue weighted by Gasteiger charge is -2.28. The van der Waals surface area contributed by atoms with Gasteiger partial charge in [0.25, 0.3) is 6.10 Å². The third kappa shape index (κ3) is 8.64. The van der Waals surface area contributed by atoms with Crippen LogP contribution in [0.2, 0.25) is 0 Å². The van der Waals surface area contributed by atoms with Crippen LogP contribution in [0.25, 0.3) is 11.1 Å². The summed E-state index contributed by atoms with van der Waals surface area (Å²) < 4.78 is 86.6. The van der Waals surface area contributed by atoms with Crippen LogP contribution in [-0.2, 0) is 11.3 Å². The predicted molar refractivity (Wildman–Crippen MR) is 139 cm³/mol. The maximum absolute atomic E-state index is 12.8. The molecular formula is C29H30F6N2O3. The number of nitrogens with zero attached hydrogens (tertiary/aromatic N) is 2. The molecule has 5 nitrogen and oxygen atoms in total. The van der Waals surface area contributed by atoms with E-state index < -0.39 is 24.5 Å². The van der Waals surface area contributed by atoms with Crippen molar-refractivity contribution in [1.29, 1.82) is 0 Å². The van der Waals surface area contributed by atoms with Gasteiger partial charge < -0.3 is 14.4 Å². The molecule has 40 heavy (non-hydrogen) atoms. The van der Waals surface area contributed by atoms with Crippen LogP contribution in [0.1, 0.15) is 18.1 Å². The van der Waals surface area contributed by atoms with Gasteiger partial charge in [0.2, 0.25) is 0 Å². The summed E-state index contributed by atoms with van der Waals surface area (Å²) in [6.45, 7) is 4.68. The number of carbonyl (C=O) groups excluding carboxylic acids is 1. The molecule has 0 N–H and O–H groups in total. The van der Waals surface area contributed by atoms with Crippen LogP contribution in [0.15, 0.2) is 72.8 Å². The van der Waals surface area contributed by atoms with E-state index in [-0.39, 0.29) is 13.1 Å². The molecule has 3 aromatic carbocycles. The average Bonchev–Trinajstić information content (AvgIpc) is 2.89. The molecule has 0 spiro atoms. The number of benzene rings is 3. The van der Waals surface area contributed by atoms with Crippen molar-refractivity contribution in [3.05, 3.63) is 83.9 Å². The monoisotopic (exact) mass is 568 g/mol. The number of hydrogen-bond acceptors (Lipinski definition) is 4. The van der Waals surface area contributed by atoms with Crippen LogP contribution < -0.4 is 4.74 Å². The van der Waals surface area contributed by atoms with Crippen LogP contribution in [0.4, 0.5) is 31.1 Å². The molecule has 216 valence electrons. The van der Waals surface area contributed by atoms with E-state index in [2.05, 4.69) is 10.8 Å². The molecule has 11 heteroatoms. The Morgan fingerprint density at radius 3 is 2.10 bits per heavy atom. The van der Waals surface area contributed by atoms with E-state index >= 15 is 0 Å². The molecule has 0 heterocycles. The highest BCUT2D eigenvalue weighted by atomic mass is 19.4. The first-order chi connectivity index (χ1) is 18.8. The first kappa shape index (κ1) is 30.8. The topological polar surface area (TPSA) is 42.0 Å². The summed E-state index contributed by atoms with van der Waals surface area (Å²) in [6.07, 6.45) is -17.5. The second-order valence-corrected chi connectivity index (χ2v) is 9.24. The van der Waals surface area contributed by atoms with Gasteiger partial charge in [0.05, 0.1) is 0 Å². The maximum Gasteiger partial charge on any atom is 0.434 e. The minimum absolute atomic E-state index is 0.161. The van der Waals surface area contributed by atoms with Crippen molar-refractivity contribution in [2.24, 2.45) is 0 Å². The Morgan fingerprint density at radius 1 is 0.850 bits per heavy atom. The van der Waals surface area contributed by atoms with Gasteiger partial charge in [0, 0.05) is 32.2 Å². The summed E-state index contributed by atoms with van der Waals surface area (Å²) in [5, 5.41) is 0. The zero-order chi connectivity index (χ0) is 29.5. The van der Waals surface area contributed by atoms with Crippen LogP contribution in [-0.4, -0.2) is 61.0 Å². The number of carbonyl (C=O) groups is 1. The SMILES string of the molecule is CCN(CCN(C)C(=O)OC(C(F)(F)F)C(F)(F)F)Cc1ccc(-c2cccc(C)c2)cc1Oc1ccccc1. The van der Waals surface area contributed by atoms with Crippen LogP contribution in [0.5, 0.6) is 11.5 Å². The van der Waals surface area contributed by atoms with Gasteiger partial charge in [-0.05, 0) is 42.8 Å². The molecule has 0 aliphatic rings. The number of aryl methyl sites for hydroxylation is 1.